The number of fused-ring (bicyclic) bond motifs is 11. The first-order valence-corrected chi connectivity index (χ1v) is 20.4. The summed E-state index contributed by atoms with van der Waals surface area (Å²) < 4.78 is 8.58. The number of hydrogen-bond donors (Lipinski definition) is 2. The maximum Gasteiger partial charge on any atom is 0.216 e. The number of nitrogens with zero attached hydrogens (tertiary/aromatic N) is 5. The molecule has 4 heterocycles. The van der Waals surface area contributed by atoms with Crippen LogP contribution in [-0.4, -0.2) is 32.3 Å². The van der Waals surface area contributed by atoms with Gasteiger partial charge in [0.1, 0.15) is 22.7 Å². The van der Waals surface area contributed by atoms with Gasteiger partial charge in [-0.2, -0.15) is 0 Å². The third-order valence-corrected chi connectivity index (χ3v) is 11.5. The fourth-order valence-electron chi connectivity index (χ4n) is 8.64. The van der Waals surface area contributed by atoms with Gasteiger partial charge in [-0.25, -0.2) is 15.0 Å². The smallest absolute Gasteiger partial charge is 0.216 e. The lowest BCUT2D eigenvalue weighted by atomic mass is 9.91. The second-order valence-electron chi connectivity index (χ2n) is 15.2. The molecule has 0 atom stereocenters. The number of imidazole rings is 1. The summed E-state index contributed by atoms with van der Waals surface area (Å²) in [6.07, 6.45) is 2.96. The van der Waals surface area contributed by atoms with E-state index < -0.39 is 0 Å². The first-order chi connectivity index (χ1) is 30.6. The lowest BCUT2D eigenvalue weighted by Gasteiger charge is -2.14. The summed E-state index contributed by atoms with van der Waals surface area (Å²) in [5, 5.41) is 15.4. The SMILES string of the molecule is C=Cc1c(C=N)nc2c3ccccc3c3c4nc(-c5cc(C(N)=NC(=NCc6ccccc6)c6ccccc6)cc(-c6cc7ccccc7c7ccccc67)c5)ccc4oc3n12. The van der Waals surface area contributed by atoms with Gasteiger partial charge in [0.15, 0.2) is 11.4 Å². The molecule has 0 aliphatic carbocycles. The number of nitrogens with two attached hydrogens (primary N) is 1. The number of hydrogen-bond acceptors (Lipinski definition) is 5. The van der Waals surface area contributed by atoms with Crippen molar-refractivity contribution in [3.8, 4) is 22.4 Å². The van der Waals surface area contributed by atoms with Crippen molar-refractivity contribution >= 4 is 84.1 Å². The fourth-order valence-corrected chi connectivity index (χ4v) is 8.64. The van der Waals surface area contributed by atoms with Crippen LogP contribution in [-0.2, 0) is 6.54 Å². The molecule has 0 saturated heterocycles. The Kier molecular flexibility index (Phi) is 8.83. The van der Waals surface area contributed by atoms with Crippen molar-refractivity contribution in [1.29, 1.82) is 5.41 Å². The minimum atomic E-state index is 0.330. The van der Waals surface area contributed by atoms with E-state index in [1.807, 2.05) is 83.3 Å². The Morgan fingerprint density at radius 3 is 2.13 bits per heavy atom. The zero-order valence-electron chi connectivity index (χ0n) is 33.5. The van der Waals surface area contributed by atoms with Crippen molar-refractivity contribution in [2.24, 2.45) is 15.7 Å². The van der Waals surface area contributed by atoms with Crippen LogP contribution in [0.1, 0.15) is 28.1 Å². The number of rotatable bonds is 8. The summed E-state index contributed by atoms with van der Waals surface area (Å²) in [5.74, 6) is 0.874. The van der Waals surface area contributed by atoms with Crippen molar-refractivity contribution in [3.63, 3.8) is 0 Å². The fraction of sp³-hybridized carbons (Fsp3) is 0.0185. The van der Waals surface area contributed by atoms with Gasteiger partial charge in [0.05, 0.1) is 23.3 Å². The van der Waals surface area contributed by atoms with E-state index in [-0.39, 0.29) is 0 Å². The Labute approximate surface area is 356 Å². The highest BCUT2D eigenvalue weighted by molar-refractivity contribution is 6.21. The molecule has 8 nitrogen and oxygen atoms in total. The van der Waals surface area contributed by atoms with Gasteiger partial charge < -0.3 is 15.6 Å². The molecule has 0 unspecified atom stereocenters. The van der Waals surface area contributed by atoms with Gasteiger partial charge in [-0.05, 0) is 80.7 Å². The number of furan rings is 1. The van der Waals surface area contributed by atoms with Crippen LogP contribution >= 0.6 is 0 Å². The van der Waals surface area contributed by atoms with Gasteiger partial charge in [0.25, 0.3) is 0 Å². The molecular formula is C54H37N7O. The Bertz CT molecular complexity index is 3660. The predicted molar refractivity (Wildman–Crippen MR) is 255 cm³/mol. The average Bonchev–Trinajstić information content (AvgIpc) is 3.92. The Balaban J connectivity index is 1.15. The van der Waals surface area contributed by atoms with Gasteiger partial charge in [-0.1, -0.05) is 140 Å². The number of aliphatic imine (C=N–C) groups is 2. The van der Waals surface area contributed by atoms with E-state index in [4.69, 9.17) is 35.5 Å². The van der Waals surface area contributed by atoms with E-state index in [2.05, 4.69) is 97.6 Å². The van der Waals surface area contributed by atoms with Crippen LogP contribution in [0, 0.1) is 5.41 Å². The van der Waals surface area contributed by atoms with Crippen LogP contribution in [0.4, 0.5) is 0 Å². The number of amidine groups is 2. The van der Waals surface area contributed by atoms with Crippen molar-refractivity contribution in [3.05, 3.63) is 205 Å². The Hall–Kier alpha value is -8.49. The summed E-state index contributed by atoms with van der Waals surface area (Å²) in [7, 11) is 0. The quantitative estimate of drug-likeness (QED) is 0.0904. The average molecular weight is 800 g/mol. The molecule has 11 aromatic rings. The van der Waals surface area contributed by atoms with Gasteiger partial charge in [-0.15, -0.1) is 0 Å². The highest BCUT2D eigenvalue weighted by atomic mass is 16.3. The molecule has 0 bridgehead atoms. The predicted octanol–water partition coefficient (Wildman–Crippen LogP) is 12.4. The van der Waals surface area contributed by atoms with Crippen molar-refractivity contribution in [2.75, 3.05) is 0 Å². The minimum absolute atomic E-state index is 0.330. The Morgan fingerprint density at radius 2 is 1.35 bits per heavy atom. The molecule has 0 aliphatic heterocycles. The molecule has 8 heteroatoms. The minimum Gasteiger partial charge on any atom is -0.437 e. The highest BCUT2D eigenvalue weighted by Gasteiger charge is 2.22. The largest absolute Gasteiger partial charge is 0.437 e. The maximum absolute atomic E-state index is 8.10. The molecule has 294 valence electrons. The van der Waals surface area contributed by atoms with E-state index >= 15 is 0 Å². The van der Waals surface area contributed by atoms with Crippen LogP contribution in [0.5, 0.6) is 0 Å². The van der Waals surface area contributed by atoms with Gasteiger partial charge in [-0.3, -0.25) is 9.39 Å². The van der Waals surface area contributed by atoms with Crippen LogP contribution in [0.25, 0.3) is 88.6 Å². The number of nitrogens with one attached hydrogen (secondary N) is 1. The molecular weight excluding hydrogens is 763 g/mol. The summed E-state index contributed by atoms with van der Waals surface area (Å²) in [4.78, 5) is 20.3. The molecule has 0 saturated carbocycles. The number of aromatic nitrogens is 3. The molecule has 0 fully saturated rings. The van der Waals surface area contributed by atoms with Crippen molar-refractivity contribution in [1.82, 2.24) is 14.4 Å². The molecule has 0 radical (unpaired) electrons. The lowest BCUT2D eigenvalue weighted by molar-refractivity contribution is 0.647. The molecule has 3 N–H and O–H groups in total. The second kappa shape index (κ2) is 15.0. The molecule has 62 heavy (non-hydrogen) atoms. The third-order valence-electron chi connectivity index (χ3n) is 11.5. The summed E-state index contributed by atoms with van der Waals surface area (Å²) in [5.41, 5.74) is 17.2. The van der Waals surface area contributed by atoms with E-state index in [9.17, 15) is 0 Å². The molecule has 11 rings (SSSR count). The highest BCUT2D eigenvalue weighted by Crippen LogP contribution is 2.40. The summed E-state index contributed by atoms with van der Waals surface area (Å²) in [6.45, 7) is 4.51. The molecule has 4 aromatic heterocycles. The Morgan fingerprint density at radius 1 is 0.677 bits per heavy atom. The summed E-state index contributed by atoms with van der Waals surface area (Å²) in [6, 6.07) is 57.8. The van der Waals surface area contributed by atoms with Crippen molar-refractivity contribution < 1.29 is 4.42 Å². The van der Waals surface area contributed by atoms with E-state index in [0.717, 1.165) is 66.0 Å². The topological polar surface area (TPSA) is 118 Å². The lowest BCUT2D eigenvalue weighted by Crippen LogP contribution is -2.17. The summed E-state index contributed by atoms with van der Waals surface area (Å²) >= 11 is 0. The molecule has 0 aliphatic rings. The second-order valence-corrected chi connectivity index (χ2v) is 15.2. The first kappa shape index (κ1) is 36.6. The van der Waals surface area contributed by atoms with Crippen LogP contribution in [0.2, 0.25) is 0 Å². The number of pyridine rings is 2. The van der Waals surface area contributed by atoms with Crippen LogP contribution in [0.3, 0.4) is 0 Å². The number of benzene rings is 7. The normalized spacial score (nSPS) is 12.3. The molecule has 7 aromatic carbocycles. The van der Waals surface area contributed by atoms with E-state index in [1.54, 1.807) is 6.08 Å². The molecule has 0 spiro atoms. The third kappa shape index (κ3) is 6.12. The maximum atomic E-state index is 8.10. The zero-order valence-corrected chi connectivity index (χ0v) is 33.5. The standard InChI is InChI=1S/C54H37N7O/c1-2-47-46(31-55)59-53-43-24-14-13-23-42(43)49-50-48(62-54(49)61(47)53)26-25-45(58-50)37-27-36(44-30-35-19-9-10-20-39(35)40-21-11-12-22-41(40)44)28-38(29-37)51(56)60-52(34-17-7-4-8-18-34)57-32-33-15-5-3-6-16-33/h2-31,55H,1,32H2,(H2,56,57,60). The van der Waals surface area contributed by atoms with E-state index in [1.165, 1.54) is 17.0 Å². The van der Waals surface area contributed by atoms with Crippen LogP contribution in [0.15, 0.2) is 191 Å². The first-order valence-electron chi connectivity index (χ1n) is 20.4. The zero-order chi connectivity index (χ0) is 41.7. The van der Waals surface area contributed by atoms with Gasteiger partial charge in [0.2, 0.25) is 5.71 Å². The molecule has 0 amide bonds. The van der Waals surface area contributed by atoms with Gasteiger partial charge >= 0.3 is 0 Å². The van der Waals surface area contributed by atoms with Gasteiger partial charge in [0, 0.05) is 33.7 Å². The van der Waals surface area contributed by atoms with Crippen LogP contribution < -0.4 is 5.73 Å². The van der Waals surface area contributed by atoms with E-state index in [0.29, 0.717) is 52.1 Å². The van der Waals surface area contributed by atoms with Crippen molar-refractivity contribution in [2.45, 2.75) is 6.54 Å². The monoisotopic (exact) mass is 799 g/mol.